The summed E-state index contributed by atoms with van der Waals surface area (Å²) in [6.45, 7) is 2.04. The van der Waals surface area contributed by atoms with Crippen LogP contribution in [-0.4, -0.2) is 19.5 Å². The molecule has 0 unspecified atom stereocenters. The van der Waals surface area contributed by atoms with Crippen molar-refractivity contribution < 1.29 is 0 Å². The number of imidazole rings is 1. The van der Waals surface area contributed by atoms with Crippen molar-refractivity contribution in [2.45, 2.75) is 13.3 Å². The zero-order valence-corrected chi connectivity index (χ0v) is 7.88. The van der Waals surface area contributed by atoms with Crippen molar-refractivity contribution in [3.05, 3.63) is 30.6 Å². The summed E-state index contributed by atoms with van der Waals surface area (Å²) in [5.74, 6) is 1.54. The SMILES string of the molecule is CCc1nccn1-c1ncc(N)cn1. The van der Waals surface area contributed by atoms with Gasteiger partial charge in [-0.2, -0.15) is 0 Å². The number of nitrogens with zero attached hydrogens (tertiary/aromatic N) is 4. The summed E-state index contributed by atoms with van der Waals surface area (Å²) in [4.78, 5) is 12.4. The third kappa shape index (κ3) is 1.44. The van der Waals surface area contributed by atoms with Gasteiger partial charge >= 0.3 is 0 Å². The van der Waals surface area contributed by atoms with E-state index in [1.165, 1.54) is 0 Å². The zero-order chi connectivity index (χ0) is 9.97. The Bertz CT molecular complexity index is 417. The van der Waals surface area contributed by atoms with E-state index < -0.39 is 0 Å². The lowest BCUT2D eigenvalue weighted by molar-refractivity contribution is 0.836. The summed E-state index contributed by atoms with van der Waals surface area (Å²) < 4.78 is 1.85. The van der Waals surface area contributed by atoms with Crippen molar-refractivity contribution in [2.75, 3.05) is 5.73 Å². The minimum absolute atomic E-state index is 0.562. The fourth-order valence-corrected chi connectivity index (χ4v) is 1.23. The van der Waals surface area contributed by atoms with Gasteiger partial charge in [0, 0.05) is 18.8 Å². The second-order valence-electron chi connectivity index (χ2n) is 2.88. The minimum Gasteiger partial charge on any atom is -0.396 e. The molecule has 0 bridgehead atoms. The van der Waals surface area contributed by atoms with E-state index >= 15 is 0 Å². The lowest BCUT2D eigenvalue weighted by Gasteiger charge is -2.03. The summed E-state index contributed by atoms with van der Waals surface area (Å²) in [7, 11) is 0. The van der Waals surface area contributed by atoms with E-state index in [0.29, 0.717) is 11.6 Å². The molecule has 2 aromatic rings. The molecule has 2 N–H and O–H groups in total. The number of hydrogen-bond acceptors (Lipinski definition) is 4. The molecule has 0 atom stereocenters. The van der Waals surface area contributed by atoms with Crippen LogP contribution in [0.3, 0.4) is 0 Å². The van der Waals surface area contributed by atoms with Crippen molar-refractivity contribution in [3.63, 3.8) is 0 Å². The van der Waals surface area contributed by atoms with Gasteiger partial charge in [-0.05, 0) is 0 Å². The van der Waals surface area contributed by atoms with Crippen molar-refractivity contribution in [3.8, 4) is 5.95 Å². The van der Waals surface area contributed by atoms with E-state index in [9.17, 15) is 0 Å². The van der Waals surface area contributed by atoms with Crippen LogP contribution < -0.4 is 5.73 Å². The minimum atomic E-state index is 0.562. The molecule has 0 aliphatic heterocycles. The van der Waals surface area contributed by atoms with Crippen molar-refractivity contribution >= 4 is 5.69 Å². The molecule has 72 valence electrons. The van der Waals surface area contributed by atoms with Crippen LogP contribution in [0.5, 0.6) is 0 Å². The van der Waals surface area contributed by atoms with Crippen LogP contribution in [-0.2, 0) is 6.42 Å². The number of rotatable bonds is 2. The third-order valence-electron chi connectivity index (χ3n) is 1.91. The molecule has 0 aromatic carbocycles. The molecular formula is C9H11N5. The zero-order valence-electron chi connectivity index (χ0n) is 7.88. The van der Waals surface area contributed by atoms with Gasteiger partial charge in [0.05, 0.1) is 18.1 Å². The van der Waals surface area contributed by atoms with Gasteiger partial charge in [-0.15, -0.1) is 0 Å². The maximum atomic E-state index is 5.50. The maximum absolute atomic E-state index is 5.50. The van der Waals surface area contributed by atoms with E-state index in [0.717, 1.165) is 12.2 Å². The fourth-order valence-electron chi connectivity index (χ4n) is 1.23. The Kier molecular flexibility index (Phi) is 2.14. The molecule has 0 radical (unpaired) electrons. The molecule has 14 heavy (non-hydrogen) atoms. The van der Waals surface area contributed by atoms with E-state index in [4.69, 9.17) is 5.73 Å². The Morgan fingerprint density at radius 3 is 2.64 bits per heavy atom. The van der Waals surface area contributed by atoms with E-state index in [2.05, 4.69) is 15.0 Å². The Balaban J connectivity index is 2.44. The number of aryl methyl sites for hydroxylation is 1. The average Bonchev–Trinajstić information content (AvgIpc) is 2.67. The van der Waals surface area contributed by atoms with Crippen LogP contribution in [0, 0.1) is 0 Å². The molecule has 0 fully saturated rings. The Morgan fingerprint density at radius 2 is 2.00 bits per heavy atom. The normalized spacial score (nSPS) is 10.4. The Morgan fingerprint density at radius 1 is 1.29 bits per heavy atom. The second-order valence-corrected chi connectivity index (χ2v) is 2.88. The van der Waals surface area contributed by atoms with Crippen LogP contribution in [0.1, 0.15) is 12.7 Å². The molecule has 0 aliphatic rings. The number of aromatic nitrogens is 4. The second kappa shape index (κ2) is 3.45. The Labute approximate surface area is 81.6 Å². The van der Waals surface area contributed by atoms with E-state index in [1.807, 2.05) is 17.7 Å². The monoisotopic (exact) mass is 189 g/mol. The van der Waals surface area contributed by atoms with Gasteiger partial charge in [-0.25, -0.2) is 15.0 Å². The summed E-state index contributed by atoms with van der Waals surface area (Å²) >= 11 is 0. The first kappa shape index (κ1) is 8.68. The van der Waals surface area contributed by atoms with Gasteiger partial charge in [0.2, 0.25) is 5.95 Å². The Hall–Kier alpha value is -1.91. The topological polar surface area (TPSA) is 69.6 Å². The van der Waals surface area contributed by atoms with Crippen LogP contribution >= 0.6 is 0 Å². The van der Waals surface area contributed by atoms with Gasteiger partial charge in [-0.3, -0.25) is 4.57 Å². The maximum Gasteiger partial charge on any atom is 0.235 e. The van der Waals surface area contributed by atoms with Gasteiger partial charge < -0.3 is 5.73 Å². The molecule has 5 heteroatoms. The summed E-state index contributed by atoms with van der Waals surface area (Å²) in [5.41, 5.74) is 6.06. The predicted octanol–water partition coefficient (Wildman–Crippen LogP) is 0.807. The lowest BCUT2D eigenvalue weighted by Crippen LogP contribution is -2.04. The lowest BCUT2D eigenvalue weighted by atomic mass is 10.4. The molecule has 2 heterocycles. The van der Waals surface area contributed by atoms with Crippen LogP contribution in [0.25, 0.3) is 5.95 Å². The first-order valence-electron chi connectivity index (χ1n) is 4.41. The van der Waals surface area contributed by atoms with Crippen molar-refractivity contribution in [1.82, 2.24) is 19.5 Å². The molecule has 5 nitrogen and oxygen atoms in total. The number of nitrogen functional groups attached to an aromatic ring is 1. The highest BCUT2D eigenvalue weighted by Crippen LogP contribution is 2.06. The van der Waals surface area contributed by atoms with Gasteiger partial charge in [-0.1, -0.05) is 6.92 Å². The number of hydrogen-bond donors (Lipinski definition) is 1. The standard InChI is InChI=1S/C9H11N5/c1-2-8-11-3-4-14(8)9-12-5-7(10)6-13-9/h3-6H,2,10H2,1H3. The first-order chi connectivity index (χ1) is 6.81. The van der Waals surface area contributed by atoms with Gasteiger partial charge in [0.25, 0.3) is 0 Å². The first-order valence-corrected chi connectivity index (χ1v) is 4.41. The smallest absolute Gasteiger partial charge is 0.235 e. The summed E-state index contributed by atoms with van der Waals surface area (Å²) in [6.07, 6.45) is 7.59. The summed E-state index contributed by atoms with van der Waals surface area (Å²) in [5, 5.41) is 0. The molecular weight excluding hydrogens is 178 g/mol. The quantitative estimate of drug-likeness (QED) is 0.758. The third-order valence-corrected chi connectivity index (χ3v) is 1.91. The summed E-state index contributed by atoms with van der Waals surface area (Å²) in [6, 6.07) is 0. The molecule has 0 saturated carbocycles. The number of nitrogens with two attached hydrogens (primary N) is 1. The molecule has 2 rings (SSSR count). The fraction of sp³-hybridized carbons (Fsp3) is 0.222. The largest absolute Gasteiger partial charge is 0.396 e. The van der Waals surface area contributed by atoms with Gasteiger partial charge in [0.15, 0.2) is 0 Å². The molecule has 0 spiro atoms. The molecule has 0 aliphatic carbocycles. The van der Waals surface area contributed by atoms with Crippen LogP contribution in [0.15, 0.2) is 24.8 Å². The van der Waals surface area contributed by atoms with Crippen LogP contribution in [0.2, 0.25) is 0 Å². The van der Waals surface area contributed by atoms with Crippen LogP contribution in [0.4, 0.5) is 5.69 Å². The highest BCUT2D eigenvalue weighted by molar-refractivity contribution is 5.32. The van der Waals surface area contributed by atoms with Crippen molar-refractivity contribution in [1.29, 1.82) is 0 Å². The van der Waals surface area contributed by atoms with E-state index in [1.54, 1.807) is 18.6 Å². The average molecular weight is 189 g/mol. The molecule has 0 amide bonds. The van der Waals surface area contributed by atoms with E-state index in [-0.39, 0.29) is 0 Å². The molecule has 0 saturated heterocycles. The number of anilines is 1. The predicted molar refractivity (Wildman–Crippen MR) is 52.9 cm³/mol. The highest BCUT2D eigenvalue weighted by Gasteiger charge is 2.04. The van der Waals surface area contributed by atoms with Crippen molar-refractivity contribution in [2.24, 2.45) is 0 Å². The van der Waals surface area contributed by atoms with Gasteiger partial charge in [0.1, 0.15) is 5.82 Å². The highest BCUT2D eigenvalue weighted by atomic mass is 15.2. The molecule has 2 aromatic heterocycles.